The standard InChI is InChI=1S/C18H19FN2O2/c19-14-9-5-4-8-13(14)18(23)20-10-15-17(16(11-22)21-15)12-6-2-1-3-7-12/h1-9,15-17,21-22H,10-11H2,(H,20,23)/t15-,16-,17-/m1/s1. The lowest BCUT2D eigenvalue weighted by Crippen LogP contribution is -2.64. The van der Waals surface area contributed by atoms with Gasteiger partial charge in [0, 0.05) is 24.5 Å². The maximum Gasteiger partial charge on any atom is 0.254 e. The van der Waals surface area contributed by atoms with Crippen LogP contribution in [0.2, 0.25) is 0 Å². The summed E-state index contributed by atoms with van der Waals surface area (Å²) in [7, 11) is 0. The maximum absolute atomic E-state index is 13.6. The van der Waals surface area contributed by atoms with E-state index in [1.54, 1.807) is 12.1 Å². The molecule has 4 nitrogen and oxygen atoms in total. The molecule has 1 heterocycles. The van der Waals surface area contributed by atoms with Gasteiger partial charge in [0.1, 0.15) is 5.82 Å². The van der Waals surface area contributed by atoms with E-state index in [0.717, 1.165) is 5.56 Å². The van der Waals surface area contributed by atoms with Crippen molar-refractivity contribution in [3.8, 4) is 0 Å². The van der Waals surface area contributed by atoms with Gasteiger partial charge in [-0.1, -0.05) is 42.5 Å². The zero-order valence-electron chi connectivity index (χ0n) is 12.6. The van der Waals surface area contributed by atoms with E-state index < -0.39 is 11.7 Å². The van der Waals surface area contributed by atoms with Crippen molar-refractivity contribution >= 4 is 5.91 Å². The fourth-order valence-electron chi connectivity index (χ4n) is 3.08. The minimum absolute atomic E-state index is 0.0188. The van der Waals surface area contributed by atoms with Crippen molar-refractivity contribution in [2.24, 2.45) is 0 Å². The molecule has 2 aromatic carbocycles. The largest absolute Gasteiger partial charge is 0.395 e. The molecule has 0 bridgehead atoms. The molecule has 1 saturated heterocycles. The third-order valence-corrected chi connectivity index (χ3v) is 4.28. The van der Waals surface area contributed by atoms with E-state index in [4.69, 9.17) is 0 Å². The van der Waals surface area contributed by atoms with Crippen LogP contribution in [-0.2, 0) is 0 Å². The first-order valence-corrected chi connectivity index (χ1v) is 7.65. The van der Waals surface area contributed by atoms with Crippen LogP contribution in [-0.4, -0.2) is 36.2 Å². The summed E-state index contributed by atoms with van der Waals surface area (Å²) in [5.41, 5.74) is 1.16. The molecule has 0 spiro atoms. The number of hydrogen-bond acceptors (Lipinski definition) is 3. The van der Waals surface area contributed by atoms with Crippen LogP contribution in [0.5, 0.6) is 0 Å². The van der Waals surface area contributed by atoms with Crippen LogP contribution < -0.4 is 10.6 Å². The molecule has 0 radical (unpaired) electrons. The summed E-state index contributed by atoms with van der Waals surface area (Å²) in [6.45, 7) is 0.417. The second kappa shape index (κ2) is 6.89. The number of aliphatic hydroxyl groups excluding tert-OH is 1. The number of aliphatic hydroxyl groups is 1. The molecule has 1 aliphatic rings. The summed E-state index contributed by atoms with van der Waals surface area (Å²) < 4.78 is 13.6. The van der Waals surface area contributed by atoms with Crippen LogP contribution in [0.25, 0.3) is 0 Å². The van der Waals surface area contributed by atoms with E-state index in [2.05, 4.69) is 10.6 Å². The predicted molar refractivity (Wildman–Crippen MR) is 85.7 cm³/mol. The van der Waals surface area contributed by atoms with Crippen LogP contribution in [0.4, 0.5) is 4.39 Å². The lowest BCUT2D eigenvalue weighted by molar-refractivity contribution is 0.0906. The van der Waals surface area contributed by atoms with Gasteiger partial charge in [0.05, 0.1) is 12.2 Å². The lowest BCUT2D eigenvalue weighted by atomic mass is 9.77. The van der Waals surface area contributed by atoms with Gasteiger partial charge in [0.25, 0.3) is 5.91 Å². The molecular formula is C18H19FN2O2. The Morgan fingerprint density at radius 3 is 2.48 bits per heavy atom. The zero-order chi connectivity index (χ0) is 16.2. The average Bonchev–Trinajstić information content (AvgIpc) is 2.55. The van der Waals surface area contributed by atoms with Gasteiger partial charge in [-0.15, -0.1) is 0 Å². The van der Waals surface area contributed by atoms with E-state index in [-0.39, 0.29) is 30.2 Å². The zero-order valence-corrected chi connectivity index (χ0v) is 12.6. The molecule has 0 aromatic heterocycles. The van der Waals surface area contributed by atoms with Crippen molar-refractivity contribution < 1.29 is 14.3 Å². The molecule has 5 heteroatoms. The first-order chi connectivity index (χ1) is 11.2. The molecule has 1 amide bonds. The number of amides is 1. The highest BCUT2D eigenvalue weighted by Gasteiger charge is 2.40. The van der Waals surface area contributed by atoms with Gasteiger partial charge in [-0.25, -0.2) is 4.39 Å². The monoisotopic (exact) mass is 314 g/mol. The summed E-state index contributed by atoms with van der Waals surface area (Å²) >= 11 is 0. The van der Waals surface area contributed by atoms with Crippen LogP contribution in [0.15, 0.2) is 54.6 Å². The average molecular weight is 314 g/mol. The van der Waals surface area contributed by atoms with Crippen molar-refractivity contribution in [3.63, 3.8) is 0 Å². The highest BCUT2D eigenvalue weighted by Crippen LogP contribution is 2.31. The SMILES string of the molecule is O=C(NC[C@H]1N[C@H](CO)[C@@H]1c1ccccc1)c1ccccc1F. The van der Waals surface area contributed by atoms with Crippen LogP contribution >= 0.6 is 0 Å². The van der Waals surface area contributed by atoms with E-state index in [0.29, 0.717) is 6.54 Å². The molecule has 3 N–H and O–H groups in total. The Kier molecular flexibility index (Phi) is 4.69. The normalized spacial score (nSPS) is 23.1. The molecule has 1 aliphatic heterocycles. The molecule has 3 atom stereocenters. The molecule has 0 aliphatic carbocycles. The van der Waals surface area contributed by atoms with Gasteiger partial charge in [-0.05, 0) is 17.7 Å². The Balaban J connectivity index is 1.64. The number of halogens is 1. The van der Waals surface area contributed by atoms with Gasteiger partial charge in [-0.3, -0.25) is 4.79 Å². The second-order valence-electron chi connectivity index (χ2n) is 5.69. The van der Waals surface area contributed by atoms with Crippen LogP contribution in [0.1, 0.15) is 21.8 Å². The van der Waals surface area contributed by atoms with Crippen molar-refractivity contribution in [2.75, 3.05) is 13.2 Å². The topological polar surface area (TPSA) is 61.4 Å². The Morgan fingerprint density at radius 2 is 1.78 bits per heavy atom. The summed E-state index contributed by atoms with van der Waals surface area (Å²) in [6.07, 6.45) is 0. The third kappa shape index (κ3) is 3.25. The van der Waals surface area contributed by atoms with Crippen molar-refractivity contribution in [1.29, 1.82) is 0 Å². The van der Waals surface area contributed by atoms with E-state index >= 15 is 0 Å². The van der Waals surface area contributed by atoms with Crippen molar-refractivity contribution in [3.05, 3.63) is 71.5 Å². The van der Waals surface area contributed by atoms with Gasteiger partial charge in [0.15, 0.2) is 0 Å². The molecule has 1 fully saturated rings. The Labute approximate surface area is 134 Å². The molecule has 3 rings (SSSR count). The van der Waals surface area contributed by atoms with E-state index in [1.807, 2.05) is 30.3 Å². The van der Waals surface area contributed by atoms with Crippen LogP contribution in [0, 0.1) is 5.82 Å². The Bertz CT molecular complexity index is 678. The number of carbonyl (C=O) groups excluding carboxylic acids is 1. The molecule has 0 unspecified atom stereocenters. The number of hydrogen-bond donors (Lipinski definition) is 3. The summed E-state index contributed by atoms with van der Waals surface area (Å²) in [4.78, 5) is 12.1. The molecule has 0 saturated carbocycles. The third-order valence-electron chi connectivity index (χ3n) is 4.28. The number of nitrogens with one attached hydrogen (secondary N) is 2. The minimum Gasteiger partial charge on any atom is -0.395 e. The first kappa shape index (κ1) is 15.6. The summed E-state index contributed by atoms with van der Waals surface area (Å²) in [5, 5.41) is 15.4. The molecule has 2 aromatic rings. The highest BCUT2D eigenvalue weighted by atomic mass is 19.1. The molecule has 23 heavy (non-hydrogen) atoms. The highest BCUT2D eigenvalue weighted by molar-refractivity contribution is 5.94. The van der Waals surface area contributed by atoms with E-state index in [1.165, 1.54) is 12.1 Å². The molecule has 120 valence electrons. The van der Waals surface area contributed by atoms with Crippen molar-refractivity contribution in [2.45, 2.75) is 18.0 Å². The minimum atomic E-state index is -0.528. The van der Waals surface area contributed by atoms with Gasteiger partial charge >= 0.3 is 0 Å². The smallest absolute Gasteiger partial charge is 0.254 e. The number of benzene rings is 2. The summed E-state index contributed by atoms with van der Waals surface area (Å²) in [6, 6.07) is 15.8. The fourth-order valence-corrected chi connectivity index (χ4v) is 3.08. The second-order valence-corrected chi connectivity index (χ2v) is 5.69. The van der Waals surface area contributed by atoms with Gasteiger partial charge < -0.3 is 15.7 Å². The van der Waals surface area contributed by atoms with E-state index in [9.17, 15) is 14.3 Å². The summed E-state index contributed by atoms with van der Waals surface area (Å²) in [5.74, 6) is -0.828. The lowest BCUT2D eigenvalue weighted by Gasteiger charge is -2.46. The number of carbonyl (C=O) groups is 1. The van der Waals surface area contributed by atoms with Crippen LogP contribution in [0.3, 0.4) is 0 Å². The van der Waals surface area contributed by atoms with Crippen molar-refractivity contribution in [1.82, 2.24) is 10.6 Å². The predicted octanol–water partition coefficient (Wildman–Crippen LogP) is 1.67. The maximum atomic E-state index is 13.6. The quantitative estimate of drug-likeness (QED) is 0.787. The van der Waals surface area contributed by atoms with Gasteiger partial charge in [0.2, 0.25) is 0 Å². The number of rotatable bonds is 5. The fraction of sp³-hybridized carbons (Fsp3) is 0.278. The Hall–Kier alpha value is -2.24. The molecular weight excluding hydrogens is 295 g/mol. The Morgan fingerprint density at radius 1 is 1.09 bits per heavy atom. The van der Waals surface area contributed by atoms with Gasteiger partial charge in [-0.2, -0.15) is 0 Å². The first-order valence-electron chi connectivity index (χ1n) is 7.65.